The fraction of sp³-hybridized carbons (Fsp3) is 0.417. The first-order chi connectivity index (χ1) is 16.9. The van der Waals surface area contributed by atoms with Gasteiger partial charge in [-0.2, -0.15) is 0 Å². The molecule has 1 unspecified atom stereocenters. The highest BCUT2D eigenvalue weighted by atomic mass is 35.5. The molecule has 1 atom stereocenters. The molecule has 1 aliphatic rings. The van der Waals surface area contributed by atoms with Gasteiger partial charge in [0.05, 0.1) is 22.0 Å². The highest BCUT2D eigenvalue weighted by Gasteiger charge is 2.31. The number of carbonyl (C=O) groups excluding carboxylic acids is 2. The molecule has 0 aromatic heterocycles. The van der Waals surface area contributed by atoms with E-state index in [4.69, 9.17) is 32.7 Å². The molecule has 0 aliphatic carbocycles. The summed E-state index contributed by atoms with van der Waals surface area (Å²) in [6.45, 7) is 5.41. The van der Waals surface area contributed by atoms with Crippen molar-refractivity contribution >= 4 is 50.7 Å². The zero-order chi connectivity index (χ0) is 26.6. The Balaban J connectivity index is 1.93. The maximum Gasteiger partial charge on any atom is 0.244 e. The van der Waals surface area contributed by atoms with Crippen molar-refractivity contribution in [2.75, 3.05) is 30.3 Å². The molecule has 9 nitrogen and oxygen atoms in total. The average molecular weight is 558 g/mol. The van der Waals surface area contributed by atoms with Gasteiger partial charge in [-0.3, -0.25) is 13.9 Å². The summed E-state index contributed by atoms with van der Waals surface area (Å²) in [4.78, 5) is 27.7. The Morgan fingerprint density at radius 2 is 1.67 bits per heavy atom. The van der Waals surface area contributed by atoms with Crippen LogP contribution in [0.5, 0.6) is 11.5 Å². The lowest BCUT2D eigenvalue weighted by atomic mass is 10.1. The van der Waals surface area contributed by atoms with E-state index in [0.29, 0.717) is 40.3 Å². The number of hydrogen-bond donors (Lipinski definition) is 1. The highest BCUT2D eigenvalue weighted by Crippen LogP contribution is 2.34. The van der Waals surface area contributed by atoms with Crippen molar-refractivity contribution in [2.24, 2.45) is 0 Å². The van der Waals surface area contributed by atoms with E-state index < -0.39 is 28.5 Å². The van der Waals surface area contributed by atoms with Gasteiger partial charge in [-0.15, -0.1) is 0 Å². The van der Waals surface area contributed by atoms with Crippen LogP contribution in [0.15, 0.2) is 36.4 Å². The Hall–Kier alpha value is -2.69. The number of rotatable bonds is 9. The number of carbonyl (C=O) groups is 2. The van der Waals surface area contributed by atoms with Crippen molar-refractivity contribution < 1.29 is 27.5 Å². The van der Waals surface area contributed by atoms with Crippen LogP contribution >= 0.6 is 23.2 Å². The van der Waals surface area contributed by atoms with E-state index in [1.807, 2.05) is 13.8 Å². The summed E-state index contributed by atoms with van der Waals surface area (Å²) in [5, 5.41) is 3.44. The van der Waals surface area contributed by atoms with Gasteiger partial charge < -0.3 is 19.7 Å². The van der Waals surface area contributed by atoms with Gasteiger partial charge in [-0.1, -0.05) is 29.3 Å². The topological polar surface area (TPSA) is 105 Å². The summed E-state index contributed by atoms with van der Waals surface area (Å²) in [7, 11) is -3.87. The van der Waals surface area contributed by atoms with E-state index >= 15 is 0 Å². The molecule has 2 aromatic carbocycles. The molecule has 2 aromatic rings. The minimum absolute atomic E-state index is 0.0150. The second-order valence-electron chi connectivity index (χ2n) is 8.71. The normalized spacial score (nSPS) is 13.8. The van der Waals surface area contributed by atoms with Gasteiger partial charge in [0, 0.05) is 18.7 Å². The van der Waals surface area contributed by atoms with E-state index in [-0.39, 0.29) is 24.2 Å². The molecule has 1 aliphatic heterocycles. The largest absolute Gasteiger partial charge is 0.486 e. The summed E-state index contributed by atoms with van der Waals surface area (Å²) in [5.74, 6) is -0.0707. The summed E-state index contributed by atoms with van der Waals surface area (Å²) in [6, 6.07) is 8.50. The molecule has 2 amide bonds. The smallest absolute Gasteiger partial charge is 0.244 e. The maximum atomic E-state index is 13.6. The fourth-order valence-corrected chi connectivity index (χ4v) is 4.79. The monoisotopic (exact) mass is 557 g/mol. The maximum absolute atomic E-state index is 13.6. The van der Waals surface area contributed by atoms with Crippen molar-refractivity contribution in [1.82, 2.24) is 10.2 Å². The number of nitrogens with zero attached hydrogens (tertiary/aromatic N) is 2. The molecule has 0 radical (unpaired) electrons. The van der Waals surface area contributed by atoms with E-state index in [0.717, 1.165) is 10.6 Å². The molecule has 0 saturated carbocycles. The number of hydrogen-bond acceptors (Lipinski definition) is 6. The number of halogens is 2. The molecule has 196 valence electrons. The van der Waals surface area contributed by atoms with Gasteiger partial charge in [0.2, 0.25) is 21.8 Å². The predicted molar refractivity (Wildman–Crippen MR) is 139 cm³/mol. The second-order valence-corrected chi connectivity index (χ2v) is 11.4. The predicted octanol–water partition coefficient (Wildman–Crippen LogP) is 3.47. The van der Waals surface area contributed by atoms with E-state index in [1.165, 1.54) is 11.0 Å². The Morgan fingerprint density at radius 3 is 2.28 bits per heavy atom. The third-order valence-corrected chi connectivity index (χ3v) is 7.31. The van der Waals surface area contributed by atoms with Crippen LogP contribution in [-0.4, -0.2) is 63.2 Å². The summed E-state index contributed by atoms with van der Waals surface area (Å²) in [5.41, 5.74) is 0.871. The first kappa shape index (κ1) is 27.9. The molecule has 0 fully saturated rings. The van der Waals surface area contributed by atoms with Crippen LogP contribution in [0.3, 0.4) is 0 Å². The van der Waals surface area contributed by atoms with Crippen LogP contribution in [0.1, 0.15) is 26.3 Å². The van der Waals surface area contributed by atoms with Gasteiger partial charge >= 0.3 is 0 Å². The van der Waals surface area contributed by atoms with Crippen LogP contribution in [0.2, 0.25) is 10.0 Å². The number of benzene rings is 2. The van der Waals surface area contributed by atoms with Gasteiger partial charge in [0.25, 0.3) is 0 Å². The van der Waals surface area contributed by atoms with E-state index in [1.54, 1.807) is 37.3 Å². The molecule has 12 heteroatoms. The highest BCUT2D eigenvalue weighted by molar-refractivity contribution is 7.92. The summed E-state index contributed by atoms with van der Waals surface area (Å²) in [6.07, 6.45) is 1.01. The van der Waals surface area contributed by atoms with Crippen LogP contribution < -0.4 is 19.1 Å². The van der Waals surface area contributed by atoms with Crippen molar-refractivity contribution in [1.29, 1.82) is 0 Å². The number of sulfonamides is 1. The number of fused-ring (bicyclic) bond motifs is 1. The van der Waals surface area contributed by atoms with Gasteiger partial charge in [0.15, 0.2) is 11.5 Å². The lowest BCUT2D eigenvalue weighted by Gasteiger charge is -2.32. The minimum atomic E-state index is -3.87. The fourth-order valence-electron chi connectivity index (χ4n) is 3.62. The quantitative estimate of drug-likeness (QED) is 0.506. The lowest BCUT2D eigenvalue weighted by molar-refractivity contribution is -0.139. The Bertz CT molecular complexity index is 1240. The third-order valence-electron chi connectivity index (χ3n) is 5.43. The second kappa shape index (κ2) is 11.6. The van der Waals surface area contributed by atoms with Crippen molar-refractivity contribution in [3.63, 3.8) is 0 Å². The first-order valence-electron chi connectivity index (χ1n) is 11.3. The Kier molecular flexibility index (Phi) is 8.97. The molecular weight excluding hydrogens is 529 g/mol. The van der Waals surface area contributed by atoms with Crippen LogP contribution in [0.4, 0.5) is 5.69 Å². The molecular formula is C24H29Cl2N3O6S. The SMILES string of the molecule is CC(C)NC(=O)C(C)N(Cc1ccc(Cl)c(Cl)c1)C(=O)CN(c1ccc2c(c1)OCCO2)S(C)(=O)=O. The van der Waals surface area contributed by atoms with Crippen LogP contribution in [0.25, 0.3) is 0 Å². The first-order valence-corrected chi connectivity index (χ1v) is 13.9. The average Bonchev–Trinajstić information content (AvgIpc) is 2.81. The Morgan fingerprint density at radius 1 is 1.00 bits per heavy atom. The third kappa shape index (κ3) is 6.96. The van der Waals surface area contributed by atoms with Gasteiger partial charge in [-0.05, 0) is 50.6 Å². The molecule has 1 heterocycles. The van der Waals surface area contributed by atoms with Gasteiger partial charge in [-0.25, -0.2) is 8.42 Å². The molecule has 1 N–H and O–H groups in total. The zero-order valence-corrected chi connectivity index (χ0v) is 22.8. The van der Waals surface area contributed by atoms with E-state index in [9.17, 15) is 18.0 Å². The standard InChI is InChI=1S/C24H29Cl2N3O6S/c1-15(2)27-24(31)16(3)28(13-17-5-7-19(25)20(26)11-17)23(30)14-29(36(4,32)33)18-6-8-21-22(12-18)35-10-9-34-21/h5-8,11-12,15-16H,9-10,13-14H2,1-4H3,(H,27,31). The van der Waals surface area contributed by atoms with E-state index in [2.05, 4.69) is 5.32 Å². The van der Waals surface area contributed by atoms with Crippen molar-refractivity contribution in [3.05, 3.63) is 52.0 Å². The van der Waals surface area contributed by atoms with Gasteiger partial charge in [0.1, 0.15) is 25.8 Å². The summed E-state index contributed by atoms with van der Waals surface area (Å²) >= 11 is 12.2. The minimum Gasteiger partial charge on any atom is -0.486 e. The summed E-state index contributed by atoms with van der Waals surface area (Å²) < 4.78 is 37.5. The zero-order valence-electron chi connectivity index (χ0n) is 20.5. The number of amides is 2. The molecule has 3 rings (SSSR count). The van der Waals surface area contributed by atoms with Crippen molar-refractivity contribution in [3.8, 4) is 11.5 Å². The molecule has 36 heavy (non-hydrogen) atoms. The molecule has 0 spiro atoms. The van der Waals surface area contributed by atoms with Crippen molar-refractivity contribution in [2.45, 2.75) is 39.4 Å². The molecule has 0 bridgehead atoms. The van der Waals surface area contributed by atoms with Crippen LogP contribution in [-0.2, 0) is 26.2 Å². The lowest BCUT2D eigenvalue weighted by Crippen LogP contribution is -2.52. The number of anilines is 1. The number of ether oxygens (including phenoxy) is 2. The molecule has 0 saturated heterocycles. The number of nitrogens with one attached hydrogen (secondary N) is 1. The van der Waals surface area contributed by atoms with Crippen LogP contribution in [0, 0.1) is 0 Å². The Labute approximate surface area is 221 Å².